The number of rotatable bonds is 6. The van der Waals surface area contributed by atoms with Gasteiger partial charge in [0.05, 0.1) is 13.2 Å². The lowest BCUT2D eigenvalue weighted by molar-refractivity contribution is -0.147. The third-order valence-corrected chi connectivity index (χ3v) is 2.89. The van der Waals surface area contributed by atoms with Crippen LogP contribution in [0.2, 0.25) is 0 Å². The molecule has 0 spiro atoms. The Morgan fingerprint density at radius 3 is 2.35 bits per heavy atom. The van der Waals surface area contributed by atoms with Gasteiger partial charge in [-0.3, -0.25) is 0 Å². The fourth-order valence-electron chi connectivity index (χ4n) is 1.60. The monoisotopic (exact) mass is 287 g/mol. The molecular formula is C14H25NO5. The van der Waals surface area contributed by atoms with Crippen LogP contribution >= 0.6 is 0 Å². The normalized spacial score (nSPS) is 18.1. The molecule has 0 heterocycles. The quantitative estimate of drug-likeness (QED) is 0.755. The van der Waals surface area contributed by atoms with Gasteiger partial charge >= 0.3 is 12.1 Å². The maximum atomic E-state index is 11.7. The maximum absolute atomic E-state index is 11.7. The molecule has 0 saturated heterocycles. The maximum Gasteiger partial charge on any atom is 0.408 e. The van der Waals surface area contributed by atoms with Gasteiger partial charge in [-0.1, -0.05) is 0 Å². The van der Waals surface area contributed by atoms with Crippen LogP contribution in [0.4, 0.5) is 4.79 Å². The van der Waals surface area contributed by atoms with Crippen LogP contribution in [0.5, 0.6) is 0 Å². The lowest BCUT2D eigenvalue weighted by Gasteiger charge is -2.25. The van der Waals surface area contributed by atoms with Crippen molar-refractivity contribution in [2.75, 3.05) is 13.7 Å². The van der Waals surface area contributed by atoms with Crippen LogP contribution in [0.1, 0.15) is 40.5 Å². The third kappa shape index (κ3) is 6.23. The van der Waals surface area contributed by atoms with E-state index in [1.807, 2.05) is 0 Å². The second-order valence-corrected chi connectivity index (χ2v) is 6.13. The van der Waals surface area contributed by atoms with E-state index in [0.29, 0.717) is 12.5 Å². The molecule has 0 aromatic rings. The zero-order chi connectivity index (χ0) is 15.3. The first-order valence-electron chi connectivity index (χ1n) is 6.92. The fraction of sp³-hybridized carbons (Fsp3) is 0.857. The smallest absolute Gasteiger partial charge is 0.408 e. The lowest BCUT2D eigenvalue weighted by atomic mass is 10.2. The van der Waals surface area contributed by atoms with E-state index in [1.54, 1.807) is 27.7 Å². The van der Waals surface area contributed by atoms with Crippen molar-refractivity contribution in [1.29, 1.82) is 0 Å². The van der Waals surface area contributed by atoms with Crippen LogP contribution in [0, 0.1) is 5.92 Å². The van der Waals surface area contributed by atoms with Crippen molar-refractivity contribution >= 4 is 12.1 Å². The number of amides is 1. The molecule has 1 rings (SSSR count). The van der Waals surface area contributed by atoms with Crippen molar-refractivity contribution in [2.24, 2.45) is 5.92 Å². The van der Waals surface area contributed by atoms with Gasteiger partial charge in [-0.25, -0.2) is 9.59 Å². The SMILES string of the molecule is COC(=O)[C@@H](NC(=O)OC(C)(C)C)[C@@H](C)OCC1CC1. The van der Waals surface area contributed by atoms with E-state index in [2.05, 4.69) is 5.32 Å². The minimum Gasteiger partial charge on any atom is -0.467 e. The zero-order valence-electron chi connectivity index (χ0n) is 12.9. The Morgan fingerprint density at radius 2 is 1.90 bits per heavy atom. The summed E-state index contributed by atoms with van der Waals surface area (Å²) in [5.74, 6) is 0.0384. The van der Waals surface area contributed by atoms with Crippen molar-refractivity contribution in [3.63, 3.8) is 0 Å². The van der Waals surface area contributed by atoms with E-state index in [0.717, 1.165) is 12.8 Å². The first-order chi connectivity index (χ1) is 9.23. The van der Waals surface area contributed by atoms with E-state index in [9.17, 15) is 9.59 Å². The highest BCUT2D eigenvalue weighted by molar-refractivity contribution is 5.82. The molecule has 0 aromatic heterocycles. The molecule has 1 aliphatic rings. The second kappa shape index (κ2) is 6.92. The summed E-state index contributed by atoms with van der Waals surface area (Å²) in [5.41, 5.74) is -0.622. The van der Waals surface area contributed by atoms with Crippen molar-refractivity contribution in [1.82, 2.24) is 5.32 Å². The van der Waals surface area contributed by atoms with Crippen LogP contribution in [0.25, 0.3) is 0 Å². The first kappa shape index (κ1) is 16.8. The Bertz CT molecular complexity index is 346. The van der Waals surface area contributed by atoms with Crippen molar-refractivity contribution in [3.8, 4) is 0 Å². The molecule has 6 nitrogen and oxygen atoms in total. The lowest BCUT2D eigenvalue weighted by Crippen LogP contribution is -2.50. The second-order valence-electron chi connectivity index (χ2n) is 6.13. The molecule has 116 valence electrons. The van der Waals surface area contributed by atoms with Crippen LogP contribution in [0.3, 0.4) is 0 Å². The Kier molecular flexibility index (Phi) is 5.80. The van der Waals surface area contributed by atoms with Crippen molar-refractivity contribution < 1.29 is 23.8 Å². The number of carbonyl (C=O) groups excluding carboxylic acids is 2. The number of esters is 1. The standard InChI is InChI=1S/C14H25NO5/c1-9(19-8-10-6-7-10)11(12(16)18-5)15-13(17)20-14(2,3)4/h9-11H,6-8H2,1-5H3,(H,15,17)/t9-,11+/m1/s1. The van der Waals surface area contributed by atoms with Gasteiger partial charge < -0.3 is 19.5 Å². The van der Waals surface area contributed by atoms with Gasteiger partial charge in [0.2, 0.25) is 0 Å². The van der Waals surface area contributed by atoms with Gasteiger partial charge in [0.1, 0.15) is 5.60 Å². The van der Waals surface area contributed by atoms with E-state index in [-0.39, 0.29) is 0 Å². The number of alkyl carbamates (subject to hydrolysis) is 1. The Morgan fingerprint density at radius 1 is 1.30 bits per heavy atom. The average molecular weight is 287 g/mol. The van der Waals surface area contributed by atoms with E-state index in [1.165, 1.54) is 7.11 Å². The van der Waals surface area contributed by atoms with Gasteiger partial charge in [-0.15, -0.1) is 0 Å². The van der Waals surface area contributed by atoms with E-state index >= 15 is 0 Å². The Labute approximate surface area is 120 Å². The summed E-state index contributed by atoms with van der Waals surface area (Å²) in [4.78, 5) is 23.5. The van der Waals surface area contributed by atoms with Gasteiger partial charge in [-0.2, -0.15) is 0 Å². The van der Waals surface area contributed by atoms with E-state index in [4.69, 9.17) is 14.2 Å². The molecule has 20 heavy (non-hydrogen) atoms. The number of ether oxygens (including phenoxy) is 3. The summed E-state index contributed by atoms with van der Waals surface area (Å²) in [7, 11) is 1.28. The summed E-state index contributed by atoms with van der Waals surface area (Å²) >= 11 is 0. The highest BCUT2D eigenvalue weighted by atomic mass is 16.6. The van der Waals surface area contributed by atoms with E-state index < -0.39 is 29.8 Å². The number of hydrogen-bond donors (Lipinski definition) is 1. The molecule has 0 bridgehead atoms. The summed E-state index contributed by atoms with van der Waals surface area (Å²) in [6.45, 7) is 7.61. The summed E-state index contributed by atoms with van der Waals surface area (Å²) < 4.78 is 15.4. The van der Waals surface area contributed by atoms with Crippen molar-refractivity contribution in [3.05, 3.63) is 0 Å². The largest absolute Gasteiger partial charge is 0.467 e. The van der Waals surface area contributed by atoms with Gasteiger partial charge in [0, 0.05) is 6.61 Å². The Hall–Kier alpha value is -1.30. The first-order valence-corrected chi connectivity index (χ1v) is 6.92. The molecule has 0 aromatic carbocycles. The fourth-order valence-corrected chi connectivity index (χ4v) is 1.60. The predicted molar refractivity (Wildman–Crippen MR) is 73.3 cm³/mol. The number of nitrogens with one attached hydrogen (secondary N) is 1. The van der Waals surface area contributed by atoms with Gasteiger partial charge in [0.15, 0.2) is 6.04 Å². The number of carbonyl (C=O) groups is 2. The highest BCUT2D eigenvalue weighted by Crippen LogP contribution is 2.29. The summed E-state index contributed by atoms with van der Waals surface area (Å²) in [5, 5.41) is 2.51. The molecule has 1 aliphatic carbocycles. The number of hydrogen-bond acceptors (Lipinski definition) is 5. The van der Waals surface area contributed by atoms with Crippen LogP contribution in [-0.2, 0) is 19.0 Å². The summed E-state index contributed by atoms with van der Waals surface area (Å²) in [6.07, 6.45) is 1.20. The molecular weight excluding hydrogens is 262 g/mol. The molecule has 1 fully saturated rings. The summed E-state index contributed by atoms with van der Waals surface area (Å²) in [6, 6.07) is -0.867. The zero-order valence-corrected chi connectivity index (χ0v) is 12.9. The molecule has 1 N–H and O–H groups in total. The van der Waals surface area contributed by atoms with Crippen LogP contribution in [-0.4, -0.2) is 43.5 Å². The van der Waals surface area contributed by atoms with Crippen LogP contribution < -0.4 is 5.32 Å². The topological polar surface area (TPSA) is 73.9 Å². The van der Waals surface area contributed by atoms with Gasteiger partial charge in [-0.05, 0) is 46.5 Å². The minimum atomic E-state index is -0.867. The third-order valence-electron chi connectivity index (χ3n) is 2.89. The predicted octanol–water partition coefficient (Wildman–Crippen LogP) is 1.87. The molecule has 0 aliphatic heterocycles. The molecule has 0 radical (unpaired) electrons. The molecule has 1 saturated carbocycles. The molecule has 6 heteroatoms. The van der Waals surface area contributed by atoms with Gasteiger partial charge in [0.25, 0.3) is 0 Å². The molecule has 2 atom stereocenters. The average Bonchev–Trinajstić information content (AvgIpc) is 3.13. The van der Waals surface area contributed by atoms with Crippen LogP contribution in [0.15, 0.2) is 0 Å². The number of methoxy groups -OCH3 is 1. The molecule has 0 unspecified atom stereocenters. The Balaban J connectivity index is 2.53. The van der Waals surface area contributed by atoms with Crippen molar-refractivity contribution in [2.45, 2.75) is 58.3 Å². The highest BCUT2D eigenvalue weighted by Gasteiger charge is 2.32. The molecule has 1 amide bonds. The minimum absolute atomic E-state index is 0.462.